The first-order valence-corrected chi connectivity index (χ1v) is 9.73. The molecule has 4 rings (SSSR count). The number of esters is 1. The Hall–Kier alpha value is -3.42. The molecule has 0 N–H and O–H groups in total. The molecule has 8 nitrogen and oxygen atoms in total. The molecule has 3 heterocycles. The Bertz CT molecular complexity index is 991. The van der Waals surface area contributed by atoms with Crippen molar-refractivity contribution >= 4 is 11.8 Å². The molecular weight excluding hydrogens is 390 g/mol. The van der Waals surface area contributed by atoms with Gasteiger partial charge in [-0.05, 0) is 32.0 Å². The Labute approximate surface area is 173 Å². The number of aryl methyl sites for hydroxylation is 1. The lowest BCUT2D eigenvalue weighted by Crippen LogP contribution is -2.33. The van der Waals surface area contributed by atoms with Crippen molar-refractivity contribution in [3.05, 3.63) is 59.3 Å². The number of ketones is 1. The van der Waals surface area contributed by atoms with Gasteiger partial charge in [0, 0.05) is 17.0 Å². The second kappa shape index (κ2) is 8.52. The molecule has 30 heavy (non-hydrogen) atoms. The average Bonchev–Trinajstić information content (AvgIpc) is 3.06. The van der Waals surface area contributed by atoms with E-state index in [0.717, 1.165) is 17.1 Å². The first-order chi connectivity index (χ1) is 14.5. The first kappa shape index (κ1) is 19.9. The second-order valence-corrected chi connectivity index (χ2v) is 7.09. The molecule has 0 radical (unpaired) electrons. The third-order valence-electron chi connectivity index (χ3n) is 5.01. The van der Waals surface area contributed by atoms with E-state index in [4.69, 9.17) is 23.7 Å². The van der Waals surface area contributed by atoms with Gasteiger partial charge in [0.05, 0.1) is 6.54 Å². The van der Waals surface area contributed by atoms with E-state index < -0.39 is 5.97 Å². The number of Topliss-reactive ketones (excluding diaryl/α,β-unsaturated/α-hetero) is 1. The summed E-state index contributed by atoms with van der Waals surface area (Å²) in [7, 11) is 0. The highest BCUT2D eigenvalue weighted by Crippen LogP contribution is 2.31. The van der Waals surface area contributed by atoms with E-state index in [1.807, 2.05) is 42.7 Å². The highest BCUT2D eigenvalue weighted by molar-refractivity contribution is 6.00. The zero-order valence-corrected chi connectivity index (χ0v) is 16.9. The van der Waals surface area contributed by atoms with Crippen molar-refractivity contribution in [2.24, 2.45) is 0 Å². The number of carbonyl (C=O) groups excluding carboxylic acids is 2. The van der Waals surface area contributed by atoms with Gasteiger partial charge in [-0.1, -0.05) is 12.1 Å². The molecule has 0 saturated carbocycles. The summed E-state index contributed by atoms with van der Waals surface area (Å²) < 4.78 is 29.1. The van der Waals surface area contributed by atoms with Crippen LogP contribution >= 0.6 is 0 Å². The molecule has 1 aromatic heterocycles. The lowest BCUT2D eigenvalue weighted by molar-refractivity contribution is -0.143. The molecule has 1 atom stereocenters. The molecular formula is C22H23NO7. The topological polar surface area (TPSA) is 85.2 Å². The Morgan fingerprint density at radius 1 is 1.13 bits per heavy atom. The van der Waals surface area contributed by atoms with Crippen LogP contribution in [0.25, 0.3) is 0 Å². The fourth-order valence-electron chi connectivity index (χ4n) is 3.48. The summed E-state index contributed by atoms with van der Waals surface area (Å²) in [6, 6.07) is 9.34. The summed E-state index contributed by atoms with van der Waals surface area (Å²) in [5.74, 6) is 0.404. The highest BCUT2D eigenvalue weighted by Gasteiger charge is 2.25. The Balaban J connectivity index is 1.40. The fourth-order valence-corrected chi connectivity index (χ4v) is 3.48. The smallest absolute Gasteiger partial charge is 0.377 e. The van der Waals surface area contributed by atoms with Crippen LogP contribution in [0.3, 0.4) is 0 Å². The number of fused-ring (bicyclic) bond motifs is 1. The van der Waals surface area contributed by atoms with Crippen molar-refractivity contribution in [1.29, 1.82) is 0 Å². The van der Waals surface area contributed by atoms with Crippen LogP contribution in [0.2, 0.25) is 0 Å². The van der Waals surface area contributed by atoms with Crippen LogP contribution in [0.4, 0.5) is 0 Å². The van der Waals surface area contributed by atoms with E-state index >= 15 is 0 Å². The third-order valence-corrected chi connectivity index (χ3v) is 5.01. The SMILES string of the molecule is Cc1cc(C(=O)COC(=O)C2=COCCO2)c(C)n1CC1COc2ccccc2O1. The predicted octanol–water partition coefficient (Wildman–Crippen LogP) is 2.56. The van der Waals surface area contributed by atoms with Crippen LogP contribution in [0.5, 0.6) is 11.5 Å². The van der Waals surface area contributed by atoms with Gasteiger partial charge in [-0.2, -0.15) is 0 Å². The van der Waals surface area contributed by atoms with Gasteiger partial charge in [-0.15, -0.1) is 0 Å². The van der Waals surface area contributed by atoms with Crippen LogP contribution in [0, 0.1) is 13.8 Å². The molecule has 0 amide bonds. The molecule has 0 fully saturated rings. The second-order valence-electron chi connectivity index (χ2n) is 7.09. The first-order valence-electron chi connectivity index (χ1n) is 9.73. The molecule has 158 valence electrons. The summed E-state index contributed by atoms with van der Waals surface area (Å²) in [6.45, 7) is 5.02. The van der Waals surface area contributed by atoms with Gasteiger partial charge < -0.3 is 28.3 Å². The van der Waals surface area contributed by atoms with Gasteiger partial charge in [0.15, 0.2) is 24.2 Å². The number of ether oxygens (including phenoxy) is 5. The number of para-hydroxylation sites is 2. The van der Waals surface area contributed by atoms with Crippen LogP contribution in [0.15, 0.2) is 42.4 Å². The molecule has 0 bridgehead atoms. The number of aromatic nitrogens is 1. The van der Waals surface area contributed by atoms with E-state index in [9.17, 15) is 9.59 Å². The largest absolute Gasteiger partial charge is 0.493 e. The normalized spacial score (nSPS) is 17.4. The predicted molar refractivity (Wildman–Crippen MR) is 106 cm³/mol. The van der Waals surface area contributed by atoms with Crippen LogP contribution in [0.1, 0.15) is 21.7 Å². The van der Waals surface area contributed by atoms with Gasteiger partial charge in [-0.3, -0.25) is 4.79 Å². The number of carbonyl (C=O) groups is 2. The molecule has 1 unspecified atom stereocenters. The number of hydrogen-bond donors (Lipinski definition) is 0. The maximum Gasteiger partial charge on any atom is 0.377 e. The molecule has 0 saturated heterocycles. The Morgan fingerprint density at radius 2 is 1.93 bits per heavy atom. The molecule has 8 heteroatoms. The summed E-state index contributed by atoms with van der Waals surface area (Å²) in [5, 5.41) is 0. The zero-order valence-electron chi connectivity index (χ0n) is 16.9. The quantitative estimate of drug-likeness (QED) is 0.531. The molecule has 2 aliphatic heterocycles. The zero-order chi connectivity index (χ0) is 21.1. The Morgan fingerprint density at radius 3 is 2.70 bits per heavy atom. The minimum Gasteiger partial charge on any atom is -0.493 e. The van der Waals surface area contributed by atoms with Gasteiger partial charge in [0.1, 0.15) is 26.1 Å². The molecule has 0 aliphatic carbocycles. The minimum atomic E-state index is -0.719. The van der Waals surface area contributed by atoms with E-state index in [1.54, 1.807) is 6.07 Å². The molecule has 2 aromatic rings. The van der Waals surface area contributed by atoms with E-state index in [0.29, 0.717) is 31.1 Å². The maximum absolute atomic E-state index is 12.6. The van der Waals surface area contributed by atoms with E-state index in [2.05, 4.69) is 0 Å². The monoisotopic (exact) mass is 413 g/mol. The maximum atomic E-state index is 12.6. The van der Waals surface area contributed by atoms with Crippen LogP contribution < -0.4 is 9.47 Å². The summed E-state index contributed by atoms with van der Waals surface area (Å²) in [4.78, 5) is 24.6. The van der Waals surface area contributed by atoms with Crippen molar-refractivity contribution in [3.8, 4) is 11.5 Å². The summed E-state index contributed by atoms with van der Waals surface area (Å²) >= 11 is 0. The number of nitrogens with zero attached hydrogens (tertiary/aromatic N) is 1. The molecule has 2 aliphatic rings. The van der Waals surface area contributed by atoms with Crippen molar-refractivity contribution in [2.45, 2.75) is 26.5 Å². The van der Waals surface area contributed by atoms with Crippen molar-refractivity contribution in [3.63, 3.8) is 0 Å². The minimum absolute atomic E-state index is 0.0331. The van der Waals surface area contributed by atoms with Crippen LogP contribution in [-0.4, -0.2) is 48.9 Å². The highest BCUT2D eigenvalue weighted by atomic mass is 16.6. The lowest BCUT2D eigenvalue weighted by Gasteiger charge is -2.27. The van der Waals surface area contributed by atoms with Gasteiger partial charge >= 0.3 is 5.97 Å². The van der Waals surface area contributed by atoms with Gasteiger partial charge in [0.25, 0.3) is 0 Å². The fraction of sp³-hybridized carbons (Fsp3) is 0.364. The average molecular weight is 413 g/mol. The van der Waals surface area contributed by atoms with Crippen molar-refractivity contribution in [2.75, 3.05) is 26.4 Å². The number of hydrogen-bond acceptors (Lipinski definition) is 7. The number of rotatable bonds is 6. The lowest BCUT2D eigenvalue weighted by atomic mass is 10.1. The van der Waals surface area contributed by atoms with E-state index in [-0.39, 0.29) is 30.9 Å². The van der Waals surface area contributed by atoms with E-state index in [1.165, 1.54) is 6.26 Å². The van der Waals surface area contributed by atoms with Crippen molar-refractivity contribution in [1.82, 2.24) is 4.57 Å². The summed E-state index contributed by atoms with van der Waals surface area (Å²) in [5.41, 5.74) is 2.20. The van der Waals surface area contributed by atoms with Crippen LogP contribution in [-0.2, 0) is 25.5 Å². The Kier molecular flexibility index (Phi) is 5.65. The molecule has 0 spiro atoms. The molecule has 1 aromatic carbocycles. The third kappa shape index (κ3) is 4.12. The summed E-state index contributed by atoms with van der Waals surface area (Å²) in [6.07, 6.45) is 1.02. The standard InChI is InChI=1S/C22H23NO7/c1-14-9-17(18(24)12-29-22(25)21-13-26-7-8-27-21)15(2)23(14)10-16-11-28-19-5-3-4-6-20(19)30-16/h3-6,9,13,16H,7-8,10-12H2,1-2H3. The number of benzene rings is 1. The van der Waals surface area contributed by atoms with Crippen molar-refractivity contribution < 1.29 is 33.3 Å². The van der Waals surface area contributed by atoms with Gasteiger partial charge in [0.2, 0.25) is 11.5 Å². The van der Waals surface area contributed by atoms with Gasteiger partial charge in [-0.25, -0.2) is 4.79 Å².